The molecule has 3 aromatic carbocycles. The fourth-order valence-corrected chi connectivity index (χ4v) is 4.85. The van der Waals surface area contributed by atoms with E-state index in [0.29, 0.717) is 30.0 Å². The third-order valence-electron chi connectivity index (χ3n) is 6.75. The zero-order valence-corrected chi connectivity index (χ0v) is 20.5. The van der Waals surface area contributed by atoms with Gasteiger partial charge in [-0.15, -0.1) is 0 Å². The van der Waals surface area contributed by atoms with E-state index >= 15 is 0 Å². The monoisotopic (exact) mass is 500 g/mol. The molecule has 1 aliphatic rings. The number of rotatable bonds is 7. The Kier molecular flexibility index (Phi) is 6.80. The molecule has 9 heteroatoms. The fourth-order valence-electron chi connectivity index (χ4n) is 4.85. The highest BCUT2D eigenvalue weighted by atomic mass is 16.5. The quantitative estimate of drug-likeness (QED) is 0.196. The van der Waals surface area contributed by atoms with E-state index < -0.39 is 11.9 Å². The maximum atomic E-state index is 13.3. The number of nitrogens with one attached hydrogen (secondary N) is 4. The van der Waals surface area contributed by atoms with Crippen molar-refractivity contribution >= 4 is 22.7 Å². The second kappa shape index (κ2) is 10.3. The van der Waals surface area contributed by atoms with Crippen LogP contribution in [0.5, 0.6) is 11.5 Å². The van der Waals surface area contributed by atoms with Gasteiger partial charge in [0.25, 0.3) is 5.91 Å². The van der Waals surface area contributed by atoms with Crippen molar-refractivity contribution in [1.82, 2.24) is 21.1 Å². The number of hydroxylamine groups is 1. The third-order valence-corrected chi connectivity index (χ3v) is 6.75. The van der Waals surface area contributed by atoms with Gasteiger partial charge in [-0.3, -0.25) is 20.1 Å². The molecule has 5 rings (SSSR count). The topological polar surface area (TPSA) is 125 Å². The summed E-state index contributed by atoms with van der Waals surface area (Å²) < 4.78 is 10.9. The Labute approximate surface area is 213 Å². The molecule has 0 aliphatic carbocycles. The van der Waals surface area contributed by atoms with Crippen molar-refractivity contribution in [3.63, 3.8) is 0 Å². The van der Waals surface area contributed by atoms with Crippen LogP contribution in [0.15, 0.2) is 66.7 Å². The SMILES string of the molecule is COc1ccc([C@@H]2N[C@@H](C(=O)NCc3ccc(C(=O)NO)cc3)Cc3c2[nH]c2ccccc32)cc1OC. The Morgan fingerprint density at radius 2 is 1.76 bits per heavy atom. The van der Waals surface area contributed by atoms with Crippen LogP contribution in [0.2, 0.25) is 0 Å². The molecule has 0 saturated heterocycles. The van der Waals surface area contributed by atoms with Gasteiger partial charge in [0.1, 0.15) is 0 Å². The molecule has 2 atom stereocenters. The van der Waals surface area contributed by atoms with E-state index in [9.17, 15) is 9.59 Å². The molecule has 1 aliphatic heterocycles. The summed E-state index contributed by atoms with van der Waals surface area (Å²) >= 11 is 0. The van der Waals surface area contributed by atoms with Gasteiger partial charge in [-0.25, -0.2) is 5.48 Å². The van der Waals surface area contributed by atoms with Gasteiger partial charge < -0.3 is 19.8 Å². The summed E-state index contributed by atoms with van der Waals surface area (Å²) in [5.41, 5.74) is 6.87. The standard InChI is InChI=1S/C28H28N4O5/c1-36-23-12-11-18(13-24(23)37-2)25-26-20(19-5-3-4-6-21(19)30-26)14-22(31-25)28(34)29-15-16-7-9-17(10-8-16)27(33)32-35/h3-13,22,25,30-31,35H,14-15H2,1-2H3,(H,29,34)(H,32,33)/t22-,25+/m1/s1. The van der Waals surface area contributed by atoms with E-state index in [2.05, 4.69) is 21.7 Å². The highest BCUT2D eigenvalue weighted by Gasteiger charge is 2.34. The highest BCUT2D eigenvalue weighted by molar-refractivity contribution is 5.93. The molecule has 0 spiro atoms. The largest absolute Gasteiger partial charge is 0.493 e. The molecule has 4 aromatic rings. The first kappa shape index (κ1) is 24.4. The minimum absolute atomic E-state index is 0.126. The molecule has 0 bridgehead atoms. The summed E-state index contributed by atoms with van der Waals surface area (Å²) in [6, 6.07) is 19.8. The molecule has 2 amide bonds. The first-order chi connectivity index (χ1) is 18.0. The van der Waals surface area contributed by atoms with Crippen molar-refractivity contribution in [3.8, 4) is 11.5 Å². The number of amides is 2. The number of methoxy groups -OCH3 is 2. The molecule has 190 valence electrons. The number of carbonyl (C=O) groups excluding carboxylic acids is 2. The van der Waals surface area contributed by atoms with Crippen LogP contribution in [0, 0.1) is 0 Å². The number of carbonyl (C=O) groups is 2. The Hall–Kier alpha value is -4.34. The molecule has 5 N–H and O–H groups in total. The molecule has 0 unspecified atom stereocenters. The number of aromatic amines is 1. The van der Waals surface area contributed by atoms with Crippen LogP contribution in [0.4, 0.5) is 0 Å². The van der Waals surface area contributed by atoms with Gasteiger partial charge >= 0.3 is 0 Å². The number of hydrogen-bond acceptors (Lipinski definition) is 6. The molecular weight excluding hydrogens is 472 g/mol. The number of H-pyrrole nitrogens is 1. The lowest BCUT2D eigenvalue weighted by Crippen LogP contribution is -2.49. The molecule has 9 nitrogen and oxygen atoms in total. The molecule has 0 saturated carbocycles. The number of fused-ring (bicyclic) bond motifs is 3. The van der Waals surface area contributed by atoms with Gasteiger partial charge in [0, 0.05) is 28.7 Å². The van der Waals surface area contributed by atoms with Gasteiger partial charge in [0.05, 0.1) is 26.3 Å². The highest BCUT2D eigenvalue weighted by Crippen LogP contribution is 2.38. The number of hydrogen-bond donors (Lipinski definition) is 5. The van der Waals surface area contributed by atoms with Crippen molar-refractivity contribution in [2.24, 2.45) is 0 Å². The van der Waals surface area contributed by atoms with E-state index in [1.54, 1.807) is 44.0 Å². The van der Waals surface area contributed by atoms with Crippen molar-refractivity contribution in [1.29, 1.82) is 0 Å². The van der Waals surface area contributed by atoms with E-state index in [0.717, 1.165) is 33.3 Å². The van der Waals surface area contributed by atoms with Gasteiger partial charge in [-0.2, -0.15) is 0 Å². The predicted molar refractivity (Wildman–Crippen MR) is 138 cm³/mol. The molecular formula is C28H28N4O5. The Bertz CT molecular complexity index is 1450. The van der Waals surface area contributed by atoms with Crippen LogP contribution >= 0.6 is 0 Å². The van der Waals surface area contributed by atoms with Crippen LogP contribution in [0.1, 0.15) is 38.8 Å². The lowest BCUT2D eigenvalue weighted by Gasteiger charge is -2.31. The summed E-state index contributed by atoms with van der Waals surface area (Å²) in [5.74, 6) is 0.538. The minimum atomic E-state index is -0.585. The van der Waals surface area contributed by atoms with Crippen LogP contribution in [-0.4, -0.2) is 42.3 Å². The average Bonchev–Trinajstić information content (AvgIpc) is 3.33. The normalized spacial score (nSPS) is 16.6. The van der Waals surface area contributed by atoms with Gasteiger partial charge in [-0.05, 0) is 53.4 Å². The molecule has 0 fully saturated rings. The average molecular weight is 501 g/mol. The van der Waals surface area contributed by atoms with Crippen LogP contribution < -0.4 is 25.6 Å². The van der Waals surface area contributed by atoms with E-state index in [-0.39, 0.29) is 11.9 Å². The lowest BCUT2D eigenvalue weighted by atomic mass is 9.90. The zero-order valence-electron chi connectivity index (χ0n) is 20.5. The van der Waals surface area contributed by atoms with E-state index in [4.69, 9.17) is 14.7 Å². The van der Waals surface area contributed by atoms with Crippen molar-refractivity contribution < 1.29 is 24.3 Å². The maximum absolute atomic E-state index is 13.3. The fraction of sp³-hybridized carbons (Fsp3) is 0.214. The molecule has 37 heavy (non-hydrogen) atoms. The van der Waals surface area contributed by atoms with E-state index in [1.165, 1.54) is 0 Å². The number of benzene rings is 3. The van der Waals surface area contributed by atoms with Gasteiger partial charge in [0.2, 0.25) is 5.91 Å². The molecule has 2 heterocycles. The summed E-state index contributed by atoms with van der Waals surface area (Å²) in [6.07, 6.45) is 0.532. The van der Waals surface area contributed by atoms with Gasteiger partial charge in [-0.1, -0.05) is 36.4 Å². The molecule has 0 radical (unpaired) electrons. The number of aromatic nitrogens is 1. The summed E-state index contributed by atoms with van der Waals surface area (Å²) in [7, 11) is 3.20. The number of ether oxygens (including phenoxy) is 2. The molecule has 1 aromatic heterocycles. The van der Waals surface area contributed by atoms with Gasteiger partial charge in [0.15, 0.2) is 11.5 Å². The second-order valence-corrected chi connectivity index (χ2v) is 8.89. The first-order valence-electron chi connectivity index (χ1n) is 11.9. The smallest absolute Gasteiger partial charge is 0.274 e. The maximum Gasteiger partial charge on any atom is 0.274 e. The summed E-state index contributed by atoms with van der Waals surface area (Å²) in [6.45, 7) is 0.305. The third kappa shape index (κ3) is 4.74. The Morgan fingerprint density at radius 3 is 2.49 bits per heavy atom. The van der Waals surface area contributed by atoms with Crippen LogP contribution in [0.3, 0.4) is 0 Å². The summed E-state index contributed by atoms with van der Waals surface area (Å²) in [5, 5.41) is 16.4. The summed E-state index contributed by atoms with van der Waals surface area (Å²) in [4.78, 5) is 28.4. The first-order valence-corrected chi connectivity index (χ1v) is 11.9. The lowest BCUT2D eigenvalue weighted by molar-refractivity contribution is -0.123. The van der Waals surface area contributed by atoms with Crippen LogP contribution in [0.25, 0.3) is 10.9 Å². The number of para-hydroxylation sites is 1. The predicted octanol–water partition coefficient (Wildman–Crippen LogP) is 3.22. The minimum Gasteiger partial charge on any atom is -0.493 e. The van der Waals surface area contributed by atoms with Crippen molar-refractivity contribution in [2.75, 3.05) is 14.2 Å². The Morgan fingerprint density at radius 1 is 1.00 bits per heavy atom. The van der Waals surface area contributed by atoms with Crippen molar-refractivity contribution in [3.05, 3.63) is 94.7 Å². The second-order valence-electron chi connectivity index (χ2n) is 8.89. The van der Waals surface area contributed by atoms with Crippen LogP contribution in [-0.2, 0) is 17.8 Å². The van der Waals surface area contributed by atoms with Crippen molar-refractivity contribution in [2.45, 2.75) is 25.0 Å². The zero-order chi connectivity index (χ0) is 25.9. The Balaban J connectivity index is 1.41. The van der Waals surface area contributed by atoms with E-state index in [1.807, 2.05) is 36.4 Å².